The summed E-state index contributed by atoms with van der Waals surface area (Å²) in [7, 11) is 0. The number of piperazine rings is 1. The van der Waals surface area contributed by atoms with E-state index >= 15 is 0 Å². The van der Waals surface area contributed by atoms with Gasteiger partial charge >= 0.3 is 0 Å². The van der Waals surface area contributed by atoms with E-state index in [0.29, 0.717) is 5.75 Å². The van der Waals surface area contributed by atoms with Crippen LogP contribution in [0.4, 0.5) is 0 Å². The molecule has 0 bridgehead atoms. The fraction of sp³-hybridized carbons (Fsp3) is 0.259. The molecule has 1 saturated heterocycles. The Hall–Kier alpha value is -2.50. The molecule has 0 aromatic heterocycles. The number of nitrogens with one attached hydrogen (secondary N) is 1. The maximum atomic E-state index is 6.29. The summed E-state index contributed by atoms with van der Waals surface area (Å²) in [6.07, 6.45) is 0.920. The molecule has 6 heteroatoms. The van der Waals surface area contributed by atoms with Crippen LogP contribution < -0.4 is 14.8 Å². The number of rotatable bonds is 8. The Bertz CT molecular complexity index is 994. The number of para-hydroxylation sites is 2. The average molecular weight is 487 g/mol. The van der Waals surface area contributed by atoms with Gasteiger partial charge in [-0.2, -0.15) is 0 Å². The SMILES string of the molecule is C=C(C)C[C@@H](c1ccc(Oc2ccccc2)c(Oc2ccccc2)c1)N1CCNCC1.Cl.Cl. The smallest absolute Gasteiger partial charge is 0.170 e. The summed E-state index contributed by atoms with van der Waals surface area (Å²) in [5, 5.41) is 3.45. The Kier molecular flexibility index (Phi) is 10.8. The summed E-state index contributed by atoms with van der Waals surface area (Å²) in [4.78, 5) is 2.53. The molecule has 1 aliphatic heterocycles. The van der Waals surface area contributed by atoms with Crippen molar-refractivity contribution in [3.63, 3.8) is 0 Å². The van der Waals surface area contributed by atoms with E-state index in [1.165, 1.54) is 11.1 Å². The van der Waals surface area contributed by atoms with E-state index in [2.05, 4.69) is 35.9 Å². The second kappa shape index (κ2) is 13.3. The van der Waals surface area contributed by atoms with Crippen molar-refractivity contribution in [3.8, 4) is 23.0 Å². The van der Waals surface area contributed by atoms with Gasteiger partial charge in [0.2, 0.25) is 0 Å². The maximum absolute atomic E-state index is 6.29. The topological polar surface area (TPSA) is 33.7 Å². The average Bonchev–Trinajstić information content (AvgIpc) is 2.80. The molecule has 0 amide bonds. The Balaban J connectivity index is 0.00000193. The predicted molar refractivity (Wildman–Crippen MR) is 141 cm³/mol. The first-order valence-electron chi connectivity index (χ1n) is 10.9. The number of ether oxygens (including phenoxy) is 2. The number of nitrogens with zero attached hydrogens (tertiary/aromatic N) is 1. The standard InChI is InChI=1S/C27H30N2O2.2ClH/c1-21(2)19-25(29-17-15-28-16-18-29)22-13-14-26(30-23-9-5-3-6-10-23)27(20-22)31-24-11-7-4-8-12-24;;/h3-14,20,25,28H,1,15-19H2,2H3;2*1H/t25-;;/m0../s1. The highest BCUT2D eigenvalue weighted by molar-refractivity contribution is 5.85. The van der Waals surface area contributed by atoms with E-state index in [1.54, 1.807) is 0 Å². The zero-order valence-electron chi connectivity index (χ0n) is 18.9. The van der Waals surface area contributed by atoms with E-state index in [-0.39, 0.29) is 30.9 Å². The van der Waals surface area contributed by atoms with Gasteiger partial charge in [-0.15, -0.1) is 31.4 Å². The van der Waals surface area contributed by atoms with Gasteiger partial charge in [0.05, 0.1) is 0 Å². The molecule has 33 heavy (non-hydrogen) atoms. The summed E-state index contributed by atoms with van der Waals surface area (Å²) in [6, 6.07) is 26.2. The molecule has 0 saturated carbocycles. The Morgan fingerprint density at radius 3 is 1.94 bits per heavy atom. The molecule has 1 atom stereocenters. The zero-order chi connectivity index (χ0) is 21.5. The first kappa shape index (κ1) is 26.7. The van der Waals surface area contributed by atoms with Crippen LogP contribution in [0, 0.1) is 0 Å². The number of hydrogen-bond acceptors (Lipinski definition) is 4. The largest absolute Gasteiger partial charge is 0.453 e. The van der Waals surface area contributed by atoms with Crippen molar-refractivity contribution in [1.29, 1.82) is 0 Å². The van der Waals surface area contributed by atoms with E-state index in [1.807, 2.05) is 66.7 Å². The molecule has 0 radical (unpaired) electrons. The van der Waals surface area contributed by atoms with Gasteiger partial charge in [-0.1, -0.05) is 48.0 Å². The fourth-order valence-corrected chi connectivity index (χ4v) is 3.91. The van der Waals surface area contributed by atoms with E-state index in [4.69, 9.17) is 9.47 Å². The summed E-state index contributed by atoms with van der Waals surface area (Å²) in [5.41, 5.74) is 2.40. The molecule has 1 N–H and O–H groups in total. The highest BCUT2D eigenvalue weighted by atomic mass is 35.5. The molecule has 4 rings (SSSR count). The lowest BCUT2D eigenvalue weighted by molar-refractivity contribution is 0.172. The molecule has 0 aliphatic carbocycles. The van der Waals surface area contributed by atoms with Crippen molar-refractivity contribution < 1.29 is 9.47 Å². The number of hydrogen-bond donors (Lipinski definition) is 1. The van der Waals surface area contributed by atoms with Crippen LogP contribution >= 0.6 is 24.8 Å². The van der Waals surface area contributed by atoms with Gasteiger partial charge in [0.15, 0.2) is 11.5 Å². The fourth-order valence-electron chi connectivity index (χ4n) is 3.91. The molecule has 1 heterocycles. The molecule has 3 aromatic rings. The van der Waals surface area contributed by atoms with Crippen molar-refractivity contribution in [2.75, 3.05) is 26.2 Å². The second-order valence-electron chi connectivity index (χ2n) is 8.00. The Labute approximate surface area is 209 Å². The van der Waals surface area contributed by atoms with Crippen LogP contribution in [0.25, 0.3) is 0 Å². The third-order valence-corrected chi connectivity index (χ3v) is 5.43. The highest BCUT2D eigenvalue weighted by Gasteiger charge is 2.24. The molecule has 1 fully saturated rings. The van der Waals surface area contributed by atoms with E-state index < -0.39 is 0 Å². The van der Waals surface area contributed by atoms with Crippen molar-refractivity contribution in [1.82, 2.24) is 10.2 Å². The van der Waals surface area contributed by atoms with Gasteiger partial charge in [0.25, 0.3) is 0 Å². The normalized spacial score (nSPS) is 14.3. The summed E-state index contributed by atoms with van der Waals surface area (Å²) >= 11 is 0. The third-order valence-electron chi connectivity index (χ3n) is 5.43. The molecule has 176 valence electrons. The molecule has 0 unspecified atom stereocenters. The molecular weight excluding hydrogens is 455 g/mol. The van der Waals surface area contributed by atoms with Gasteiger partial charge in [0.1, 0.15) is 11.5 Å². The van der Waals surface area contributed by atoms with Gasteiger partial charge in [-0.3, -0.25) is 4.90 Å². The monoisotopic (exact) mass is 486 g/mol. The Morgan fingerprint density at radius 2 is 1.39 bits per heavy atom. The molecule has 4 nitrogen and oxygen atoms in total. The molecular formula is C27H32Cl2N2O2. The Morgan fingerprint density at radius 1 is 0.848 bits per heavy atom. The summed E-state index contributed by atoms with van der Waals surface area (Å²) in [5.74, 6) is 2.99. The van der Waals surface area contributed by atoms with Crippen molar-refractivity contribution in [3.05, 3.63) is 96.6 Å². The van der Waals surface area contributed by atoms with Crippen LogP contribution in [-0.4, -0.2) is 31.1 Å². The van der Waals surface area contributed by atoms with Crippen LogP contribution in [0.3, 0.4) is 0 Å². The van der Waals surface area contributed by atoms with E-state index in [9.17, 15) is 0 Å². The highest BCUT2D eigenvalue weighted by Crippen LogP contribution is 2.39. The lowest BCUT2D eigenvalue weighted by atomic mass is 9.97. The van der Waals surface area contributed by atoms with Crippen molar-refractivity contribution >= 4 is 24.8 Å². The predicted octanol–water partition coefficient (Wildman–Crippen LogP) is 7.03. The maximum Gasteiger partial charge on any atom is 0.170 e. The minimum absolute atomic E-state index is 0. The number of benzene rings is 3. The quantitative estimate of drug-likeness (QED) is 0.346. The van der Waals surface area contributed by atoms with Crippen LogP contribution in [0.15, 0.2) is 91.0 Å². The van der Waals surface area contributed by atoms with E-state index in [0.717, 1.165) is 49.8 Å². The number of halogens is 2. The van der Waals surface area contributed by atoms with Crippen LogP contribution in [0.1, 0.15) is 24.9 Å². The van der Waals surface area contributed by atoms with Gasteiger partial charge in [0, 0.05) is 32.2 Å². The van der Waals surface area contributed by atoms with Gasteiger partial charge in [-0.25, -0.2) is 0 Å². The van der Waals surface area contributed by atoms with Crippen molar-refractivity contribution in [2.45, 2.75) is 19.4 Å². The van der Waals surface area contributed by atoms with Crippen LogP contribution in [0.2, 0.25) is 0 Å². The van der Waals surface area contributed by atoms with Gasteiger partial charge in [-0.05, 0) is 55.3 Å². The summed E-state index contributed by atoms with van der Waals surface area (Å²) in [6.45, 7) is 10.3. The summed E-state index contributed by atoms with van der Waals surface area (Å²) < 4.78 is 12.5. The molecule has 1 aliphatic rings. The lowest BCUT2D eigenvalue weighted by Crippen LogP contribution is -2.45. The molecule has 3 aromatic carbocycles. The first-order chi connectivity index (χ1) is 15.2. The lowest BCUT2D eigenvalue weighted by Gasteiger charge is -2.35. The first-order valence-corrected chi connectivity index (χ1v) is 10.9. The van der Waals surface area contributed by atoms with Crippen LogP contribution in [-0.2, 0) is 0 Å². The van der Waals surface area contributed by atoms with Crippen LogP contribution in [0.5, 0.6) is 23.0 Å². The zero-order valence-corrected chi connectivity index (χ0v) is 20.5. The molecule has 0 spiro atoms. The van der Waals surface area contributed by atoms with Crippen molar-refractivity contribution in [2.24, 2.45) is 0 Å². The third kappa shape index (κ3) is 7.51. The van der Waals surface area contributed by atoms with Gasteiger partial charge < -0.3 is 14.8 Å². The minimum Gasteiger partial charge on any atom is -0.453 e. The minimum atomic E-state index is 0. The second-order valence-corrected chi connectivity index (χ2v) is 8.00.